The highest BCUT2D eigenvalue weighted by Gasteiger charge is 2.38. The largest absolute Gasteiger partial charge is 0.475 e. The summed E-state index contributed by atoms with van der Waals surface area (Å²) in [6.45, 7) is 0. The molecule has 0 bridgehead atoms. The molecule has 4 nitrogen and oxygen atoms in total. The molecule has 1 aromatic carbocycles. The van der Waals surface area contributed by atoms with Crippen LogP contribution >= 0.6 is 12.6 Å². The summed E-state index contributed by atoms with van der Waals surface area (Å²) >= 11 is 4.22. The quantitative estimate of drug-likeness (QED) is 0.719. The zero-order valence-corrected chi connectivity index (χ0v) is 12.4. The van der Waals surface area contributed by atoms with Crippen molar-refractivity contribution in [2.75, 3.05) is 0 Å². The summed E-state index contributed by atoms with van der Waals surface area (Å²) in [5.74, 6) is 0.135. The van der Waals surface area contributed by atoms with E-state index in [2.05, 4.69) is 22.6 Å². The maximum Gasteiger partial charge on any atom is 0.475 e. The van der Waals surface area contributed by atoms with Gasteiger partial charge in [-0.15, -0.1) is 12.6 Å². The highest BCUT2D eigenvalue weighted by molar-refractivity contribution is 7.86. The predicted octanol–water partition coefficient (Wildman–Crippen LogP) is 3.81. The summed E-state index contributed by atoms with van der Waals surface area (Å²) < 4.78 is 54.3. The van der Waals surface area contributed by atoms with Crippen LogP contribution in [-0.2, 0) is 10.8 Å². The Morgan fingerprint density at radius 2 is 2.00 bits per heavy atom. The van der Waals surface area contributed by atoms with Gasteiger partial charge in [0.15, 0.2) is 16.4 Å². The third kappa shape index (κ3) is 2.73. The van der Waals surface area contributed by atoms with Gasteiger partial charge in [0, 0.05) is 11.1 Å². The second-order valence-electron chi connectivity index (χ2n) is 4.23. The van der Waals surface area contributed by atoms with E-state index < -0.39 is 16.3 Å². The van der Waals surface area contributed by atoms with Gasteiger partial charge in [-0.1, -0.05) is 0 Å². The summed E-state index contributed by atoms with van der Waals surface area (Å²) in [5.41, 5.74) is -4.00. The Hall–Kier alpha value is -1.87. The van der Waals surface area contributed by atoms with E-state index in [1.54, 1.807) is 12.1 Å². The van der Waals surface area contributed by atoms with Gasteiger partial charge in [-0.25, -0.2) is 14.2 Å². The average molecular weight is 344 g/mol. The monoisotopic (exact) mass is 344 g/mol. The van der Waals surface area contributed by atoms with Crippen LogP contribution in [0, 0.1) is 0 Å². The molecule has 0 spiro atoms. The lowest BCUT2D eigenvalue weighted by Crippen LogP contribution is -2.16. The Morgan fingerprint density at radius 1 is 1.23 bits per heavy atom. The lowest BCUT2D eigenvalue weighted by Gasteiger charge is -2.04. The van der Waals surface area contributed by atoms with Gasteiger partial charge in [-0.3, -0.25) is 0 Å². The van der Waals surface area contributed by atoms with Crippen molar-refractivity contribution in [3.63, 3.8) is 0 Å². The molecule has 1 atom stereocenters. The van der Waals surface area contributed by atoms with E-state index in [1.807, 2.05) is 0 Å². The summed E-state index contributed by atoms with van der Waals surface area (Å²) in [7, 11) is -3.11. The normalized spacial score (nSPS) is 13.5. The minimum atomic E-state index is -4.82. The second-order valence-corrected chi connectivity index (χ2v) is 6.19. The fraction of sp³-hybridized carbons (Fsp3) is 0.0769. The molecule has 22 heavy (non-hydrogen) atoms. The summed E-state index contributed by atoms with van der Waals surface area (Å²) in [5, 5.41) is 0. The smallest absolute Gasteiger partial charge is 0.435 e. The van der Waals surface area contributed by atoms with Crippen molar-refractivity contribution < 1.29 is 21.8 Å². The number of alkyl halides is 3. The first kappa shape index (κ1) is 15.0. The van der Waals surface area contributed by atoms with Crippen LogP contribution in [0.15, 0.2) is 50.7 Å². The number of aromatic nitrogens is 2. The minimum absolute atomic E-state index is 0.135. The molecule has 0 saturated heterocycles. The molecule has 2 aromatic heterocycles. The number of hydrogen-bond donors (Lipinski definition) is 1. The van der Waals surface area contributed by atoms with Crippen molar-refractivity contribution in [2.45, 2.75) is 15.3 Å². The van der Waals surface area contributed by atoms with Gasteiger partial charge >= 0.3 is 5.51 Å². The van der Waals surface area contributed by atoms with Crippen LogP contribution in [0.3, 0.4) is 0 Å². The van der Waals surface area contributed by atoms with E-state index in [9.17, 15) is 17.4 Å². The highest BCUT2D eigenvalue weighted by atomic mass is 32.2. The van der Waals surface area contributed by atoms with Crippen LogP contribution in [0.1, 0.15) is 0 Å². The third-order valence-corrected chi connectivity index (χ3v) is 4.24. The van der Waals surface area contributed by atoms with Gasteiger partial charge in [-0.2, -0.15) is 13.2 Å². The van der Waals surface area contributed by atoms with Crippen LogP contribution in [0.2, 0.25) is 0 Å². The molecule has 0 radical (unpaired) electrons. The molecule has 3 aromatic rings. The number of rotatable bonds is 2. The van der Waals surface area contributed by atoms with E-state index in [0.717, 1.165) is 12.1 Å². The molecule has 9 heteroatoms. The number of oxazole rings is 1. The summed E-state index contributed by atoms with van der Waals surface area (Å²) in [4.78, 5) is 8.30. The molecular weight excluding hydrogens is 337 g/mol. The molecule has 0 aliphatic carbocycles. The molecule has 0 aliphatic rings. The van der Waals surface area contributed by atoms with E-state index in [0.29, 0.717) is 10.6 Å². The van der Waals surface area contributed by atoms with Crippen molar-refractivity contribution in [3.05, 3.63) is 36.5 Å². The van der Waals surface area contributed by atoms with Crippen molar-refractivity contribution in [1.82, 2.24) is 9.97 Å². The fourth-order valence-corrected chi connectivity index (χ4v) is 2.74. The highest BCUT2D eigenvalue weighted by Crippen LogP contribution is 2.31. The van der Waals surface area contributed by atoms with Crippen molar-refractivity contribution >= 4 is 34.5 Å². The fourth-order valence-electron chi connectivity index (χ4n) is 1.82. The first-order valence-corrected chi connectivity index (χ1v) is 7.49. The van der Waals surface area contributed by atoms with Gasteiger partial charge in [0.1, 0.15) is 11.2 Å². The number of halogens is 3. The van der Waals surface area contributed by atoms with Crippen LogP contribution in [0.4, 0.5) is 13.2 Å². The van der Waals surface area contributed by atoms with Crippen LogP contribution < -0.4 is 0 Å². The molecule has 2 heterocycles. The molecule has 114 valence electrons. The summed E-state index contributed by atoms with van der Waals surface area (Å²) in [6.07, 6.45) is 1.52. The molecular formula is C13H7F3N2O2S2. The van der Waals surface area contributed by atoms with Crippen molar-refractivity contribution in [2.24, 2.45) is 0 Å². The standard InChI is InChI=1S/C13H7F3N2O2S2/c14-13(15,16)22(19)7-3-4-9-8(6-7)18-12(20-9)11-10(21)2-1-5-17-11/h1-6,21H. The molecule has 1 unspecified atom stereocenters. The van der Waals surface area contributed by atoms with Crippen molar-refractivity contribution in [1.29, 1.82) is 0 Å². The lowest BCUT2D eigenvalue weighted by molar-refractivity contribution is -0.0384. The number of thiol groups is 1. The number of hydrogen-bond acceptors (Lipinski definition) is 5. The van der Waals surface area contributed by atoms with Gasteiger partial charge in [-0.05, 0) is 30.3 Å². The maximum absolute atomic E-state index is 12.5. The first-order valence-electron chi connectivity index (χ1n) is 5.90. The number of nitrogens with zero attached hydrogens (tertiary/aromatic N) is 2. The van der Waals surface area contributed by atoms with E-state index >= 15 is 0 Å². The molecule has 0 saturated carbocycles. The number of benzene rings is 1. The Kier molecular flexibility index (Phi) is 3.69. The Morgan fingerprint density at radius 3 is 2.68 bits per heavy atom. The van der Waals surface area contributed by atoms with Crippen LogP contribution in [-0.4, -0.2) is 19.7 Å². The van der Waals surface area contributed by atoms with Gasteiger partial charge in [0.05, 0.1) is 4.90 Å². The zero-order valence-electron chi connectivity index (χ0n) is 10.7. The number of fused-ring (bicyclic) bond motifs is 1. The topological polar surface area (TPSA) is 56.0 Å². The van der Waals surface area contributed by atoms with E-state index in [4.69, 9.17) is 4.42 Å². The minimum Gasteiger partial charge on any atom is -0.435 e. The lowest BCUT2D eigenvalue weighted by atomic mass is 10.3. The molecule has 0 amide bonds. The summed E-state index contributed by atoms with van der Waals surface area (Å²) in [6, 6.07) is 6.85. The van der Waals surface area contributed by atoms with Crippen molar-refractivity contribution in [3.8, 4) is 11.6 Å². The van der Waals surface area contributed by atoms with Crippen LogP contribution in [0.5, 0.6) is 0 Å². The number of pyridine rings is 1. The second kappa shape index (κ2) is 5.40. The Balaban J connectivity index is 2.08. The van der Waals surface area contributed by atoms with E-state index in [1.165, 1.54) is 12.3 Å². The molecule has 3 rings (SSSR count). The molecule has 0 aliphatic heterocycles. The first-order chi connectivity index (χ1) is 10.4. The van der Waals surface area contributed by atoms with E-state index in [-0.39, 0.29) is 21.9 Å². The SMILES string of the molecule is O=S(c1ccc2oc(-c3ncccc3S)nc2c1)C(F)(F)F. The van der Waals surface area contributed by atoms with Gasteiger partial charge in [0.25, 0.3) is 0 Å². The third-order valence-electron chi connectivity index (χ3n) is 2.77. The average Bonchev–Trinajstić information content (AvgIpc) is 2.88. The van der Waals surface area contributed by atoms with Crippen LogP contribution in [0.25, 0.3) is 22.7 Å². The Bertz CT molecular complexity index is 877. The Labute approximate surface area is 130 Å². The predicted molar refractivity (Wildman–Crippen MR) is 77.0 cm³/mol. The molecule has 0 fully saturated rings. The molecule has 0 N–H and O–H groups in total. The zero-order chi connectivity index (χ0) is 15.9. The maximum atomic E-state index is 12.5. The van der Waals surface area contributed by atoms with Gasteiger partial charge < -0.3 is 4.42 Å². The van der Waals surface area contributed by atoms with Gasteiger partial charge in [0.2, 0.25) is 5.89 Å².